The molecule has 0 atom stereocenters. The van der Waals surface area contributed by atoms with Crippen LogP contribution in [-0.4, -0.2) is 16.9 Å². The Balaban J connectivity index is 2.05. The van der Waals surface area contributed by atoms with Crippen LogP contribution in [0.5, 0.6) is 5.75 Å². The molecule has 3 rings (SSSR count). The van der Waals surface area contributed by atoms with Gasteiger partial charge >= 0.3 is 5.97 Å². The molecule has 0 radical (unpaired) electrons. The summed E-state index contributed by atoms with van der Waals surface area (Å²) in [6.07, 6.45) is 0. The predicted octanol–water partition coefficient (Wildman–Crippen LogP) is 5.38. The predicted molar refractivity (Wildman–Crippen MR) is 98.1 cm³/mol. The first-order valence-electron chi connectivity index (χ1n) is 7.63. The molecule has 0 spiro atoms. The molecule has 132 valence electrons. The minimum Gasteiger partial charge on any atom is -0.422 e. The maximum absolute atomic E-state index is 12.8. The van der Waals surface area contributed by atoms with Crippen LogP contribution in [0.15, 0.2) is 47.0 Å². The second kappa shape index (κ2) is 7.32. The van der Waals surface area contributed by atoms with E-state index in [2.05, 4.69) is 5.16 Å². The Bertz CT molecular complexity index is 990. The average Bonchev–Trinajstić information content (AvgIpc) is 2.96. The van der Waals surface area contributed by atoms with Gasteiger partial charge in [0.05, 0.1) is 15.6 Å². The van der Waals surface area contributed by atoms with Gasteiger partial charge in [-0.3, -0.25) is 4.79 Å². The summed E-state index contributed by atoms with van der Waals surface area (Å²) in [6, 6.07) is 11.4. The number of hydrogen-bond donors (Lipinski definition) is 0. The van der Waals surface area contributed by atoms with E-state index >= 15 is 0 Å². The number of Topliss-reactive ketones (excluding diaryl/α,β-unsaturated/α-hetero) is 1. The third kappa shape index (κ3) is 3.36. The van der Waals surface area contributed by atoms with Gasteiger partial charge in [-0.1, -0.05) is 46.6 Å². The van der Waals surface area contributed by atoms with Crippen LogP contribution in [0.4, 0.5) is 0 Å². The lowest BCUT2D eigenvalue weighted by molar-refractivity contribution is 0.0732. The SMILES string of the molecule is CC(=O)c1ccccc1OC(=O)c1c(-c2c(Cl)cccc2Cl)noc1C. The van der Waals surface area contributed by atoms with Gasteiger partial charge in [-0.2, -0.15) is 0 Å². The summed E-state index contributed by atoms with van der Waals surface area (Å²) in [6.45, 7) is 2.97. The molecule has 0 aliphatic carbocycles. The maximum atomic E-state index is 12.8. The lowest BCUT2D eigenvalue weighted by Crippen LogP contribution is -2.12. The van der Waals surface area contributed by atoms with Gasteiger partial charge in [-0.05, 0) is 38.1 Å². The molecule has 0 amide bonds. The van der Waals surface area contributed by atoms with Crippen molar-refractivity contribution in [3.8, 4) is 17.0 Å². The summed E-state index contributed by atoms with van der Waals surface area (Å²) in [5.41, 5.74) is 0.952. The van der Waals surface area contributed by atoms with E-state index in [1.807, 2.05) is 0 Å². The molecule has 26 heavy (non-hydrogen) atoms. The fourth-order valence-electron chi connectivity index (χ4n) is 2.50. The van der Waals surface area contributed by atoms with Gasteiger partial charge in [0.2, 0.25) is 0 Å². The maximum Gasteiger partial charge on any atom is 0.349 e. The molecule has 0 unspecified atom stereocenters. The van der Waals surface area contributed by atoms with E-state index in [1.54, 1.807) is 49.4 Å². The lowest BCUT2D eigenvalue weighted by atomic mass is 10.1. The molecule has 0 aliphatic rings. The molecule has 0 bridgehead atoms. The standard InChI is InChI=1S/C19H13Cl2NO4/c1-10(23)12-6-3-4-9-15(12)25-19(24)16-11(2)26-22-18(16)17-13(20)7-5-8-14(17)21/h3-9H,1-2H3. The van der Waals surface area contributed by atoms with Gasteiger partial charge in [-0.15, -0.1) is 0 Å². The second-order valence-electron chi connectivity index (χ2n) is 5.50. The van der Waals surface area contributed by atoms with E-state index in [-0.39, 0.29) is 28.6 Å². The molecular weight excluding hydrogens is 377 g/mol. The Morgan fingerprint density at radius 1 is 1.04 bits per heavy atom. The number of hydrogen-bond acceptors (Lipinski definition) is 5. The summed E-state index contributed by atoms with van der Waals surface area (Å²) in [5, 5.41) is 4.56. The van der Waals surface area contributed by atoms with Gasteiger partial charge in [0, 0.05) is 5.56 Å². The van der Waals surface area contributed by atoms with Crippen molar-refractivity contribution < 1.29 is 18.8 Å². The number of aromatic nitrogens is 1. The van der Waals surface area contributed by atoms with E-state index in [0.717, 1.165) is 0 Å². The number of benzene rings is 2. The van der Waals surface area contributed by atoms with Crippen LogP contribution in [0.2, 0.25) is 10.0 Å². The van der Waals surface area contributed by atoms with Crippen molar-refractivity contribution in [3.63, 3.8) is 0 Å². The zero-order chi connectivity index (χ0) is 18.8. The molecular formula is C19H13Cl2NO4. The van der Waals surface area contributed by atoms with Crippen molar-refractivity contribution in [1.82, 2.24) is 5.16 Å². The minimum atomic E-state index is -0.719. The number of aryl methyl sites for hydroxylation is 1. The van der Waals surface area contributed by atoms with Gasteiger partial charge in [0.1, 0.15) is 22.8 Å². The van der Waals surface area contributed by atoms with E-state index in [4.69, 9.17) is 32.5 Å². The summed E-state index contributed by atoms with van der Waals surface area (Å²) in [5.74, 6) is -0.531. The first-order chi connectivity index (χ1) is 12.4. The van der Waals surface area contributed by atoms with Crippen molar-refractivity contribution in [3.05, 3.63) is 69.4 Å². The Morgan fingerprint density at radius 3 is 2.35 bits per heavy atom. The van der Waals surface area contributed by atoms with Crippen LogP contribution in [0.1, 0.15) is 33.4 Å². The van der Waals surface area contributed by atoms with Gasteiger partial charge < -0.3 is 9.26 Å². The van der Waals surface area contributed by atoms with Crippen LogP contribution < -0.4 is 4.74 Å². The number of ether oxygens (including phenoxy) is 1. The number of carbonyl (C=O) groups is 2. The highest BCUT2D eigenvalue weighted by atomic mass is 35.5. The Hall–Kier alpha value is -2.63. The zero-order valence-electron chi connectivity index (χ0n) is 13.9. The largest absolute Gasteiger partial charge is 0.422 e. The van der Waals surface area contributed by atoms with Crippen molar-refractivity contribution >= 4 is 35.0 Å². The van der Waals surface area contributed by atoms with Crippen LogP contribution in [0.3, 0.4) is 0 Å². The monoisotopic (exact) mass is 389 g/mol. The molecule has 5 nitrogen and oxygen atoms in total. The molecule has 0 N–H and O–H groups in total. The summed E-state index contributed by atoms with van der Waals surface area (Å²) in [7, 11) is 0. The Morgan fingerprint density at radius 2 is 1.69 bits per heavy atom. The average molecular weight is 390 g/mol. The Kier molecular flexibility index (Phi) is 5.11. The van der Waals surface area contributed by atoms with Crippen LogP contribution in [0, 0.1) is 6.92 Å². The van der Waals surface area contributed by atoms with Crippen molar-refractivity contribution in [1.29, 1.82) is 0 Å². The number of nitrogens with zero attached hydrogens (tertiary/aromatic N) is 1. The molecule has 3 aromatic rings. The molecule has 0 saturated heterocycles. The molecule has 0 fully saturated rings. The van der Waals surface area contributed by atoms with Gasteiger partial charge in [0.25, 0.3) is 0 Å². The highest BCUT2D eigenvalue weighted by molar-refractivity contribution is 6.39. The third-order valence-electron chi connectivity index (χ3n) is 3.74. The molecule has 7 heteroatoms. The number of rotatable bonds is 4. The van der Waals surface area contributed by atoms with Gasteiger partial charge in [0.15, 0.2) is 5.78 Å². The van der Waals surface area contributed by atoms with Crippen LogP contribution in [0.25, 0.3) is 11.3 Å². The number of esters is 1. The Labute approximate surface area is 159 Å². The van der Waals surface area contributed by atoms with Crippen molar-refractivity contribution in [2.45, 2.75) is 13.8 Å². The van der Waals surface area contributed by atoms with Crippen LogP contribution in [-0.2, 0) is 0 Å². The fourth-order valence-corrected chi connectivity index (χ4v) is 3.08. The first-order valence-corrected chi connectivity index (χ1v) is 8.38. The van der Waals surface area contributed by atoms with Crippen LogP contribution >= 0.6 is 23.2 Å². The molecule has 1 heterocycles. The van der Waals surface area contributed by atoms with Crippen molar-refractivity contribution in [2.75, 3.05) is 0 Å². The molecule has 2 aromatic carbocycles. The topological polar surface area (TPSA) is 69.4 Å². The molecule has 0 aliphatic heterocycles. The lowest BCUT2D eigenvalue weighted by Gasteiger charge is -2.09. The van der Waals surface area contributed by atoms with Gasteiger partial charge in [-0.25, -0.2) is 4.79 Å². The number of para-hydroxylation sites is 1. The van der Waals surface area contributed by atoms with E-state index in [0.29, 0.717) is 21.2 Å². The first kappa shape index (κ1) is 18.2. The second-order valence-corrected chi connectivity index (χ2v) is 6.32. The van der Waals surface area contributed by atoms with E-state index in [1.165, 1.54) is 6.92 Å². The minimum absolute atomic E-state index is 0.0957. The fraction of sp³-hybridized carbons (Fsp3) is 0.105. The number of carbonyl (C=O) groups excluding carboxylic acids is 2. The molecule has 0 saturated carbocycles. The zero-order valence-corrected chi connectivity index (χ0v) is 15.4. The smallest absolute Gasteiger partial charge is 0.349 e. The normalized spacial score (nSPS) is 10.6. The highest BCUT2D eigenvalue weighted by Crippen LogP contribution is 2.37. The summed E-state index contributed by atoms with van der Waals surface area (Å²) < 4.78 is 10.6. The van der Waals surface area contributed by atoms with E-state index < -0.39 is 5.97 Å². The highest BCUT2D eigenvalue weighted by Gasteiger charge is 2.27. The number of ketones is 1. The number of halogens is 2. The van der Waals surface area contributed by atoms with Crippen molar-refractivity contribution in [2.24, 2.45) is 0 Å². The molecule has 1 aromatic heterocycles. The summed E-state index contributed by atoms with van der Waals surface area (Å²) >= 11 is 12.4. The quantitative estimate of drug-likeness (QED) is 0.340. The third-order valence-corrected chi connectivity index (χ3v) is 4.37. The summed E-state index contributed by atoms with van der Waals surface area (Å²) in [4.78, 5) is 24.5. The van der Waals surface area contributed by atoms with E-state index in [9.17, 15) is 9.59 Å².